The zero-order valence-electron chi connectivity index (χ0n) is 13.0. The van der Waals surface area contributed by atoms with E-state index in [9.17, 15) is 9.59 Å². The molecule has 1 heterocycles. The van der Waals surface area contributed by atoms with Gasteiger partial charge in [-0.1, -0.05) is 40.2 Å². The van der Waals surface area contributed by atoms with Gasteiger partial charge in [-0.15, -0.1) is 0 Å². The molecular weight excluding hydrogens is 372 g/mol. The Morgan fingerprint density at radius 2 is 1.83 bits per heavy atom. The van der Waals surface area contributed by atoms with Crippen molar-refractivity contribution in [3.8, 4) is 0 Å². The summed E-state index contributed by atoms with van der Waals surface area (Å²) >= 11 is 3.31. The SMILES string of the molecule is Cc1nc2ccccc2n1CC(=O)OCC(=O)c1ccc(Br)cc1. The summed E-state index contributed by atoms with van der Waals surface area (Å²) in [5.41, 5.74) is 2.20. The number of hydrogen-bond donors (Lipinski definition) is 0. The quantitative estimate of drug-likeness (QED) is 0.497. The molecule has 24 heavy (non-hydrogen) atoms. The highest BCUT2D eigenvalue weighted by Gasteiger charge is 2.14. The third-order valence-corrected chi connectivity index (χ3v) is 4.19. The Morgan fingerprint density at radius 1 is 1.12 bits per heavy atom. The molecule has 0 atom stereocenters. The van der Waals surface area contributed by atoms with Crippen LogP contribution in [0.4, 0.5) is 0 Å². The second-order valence-electron chi connectivity index (χ2n) is 5.32. The van der Waals surface area contributed by atoms with Crippen molar-refractivity contribution in [1.29, 1.82) is 0 Å². The molecule has 5 nitrogen and oxygen atoms in total. The minimum absolute atomic E-state index is 0.0277. The maximum Gasteiger partial charge on any atom is 0.326 e. The van der Waals surface area contributed by atoms with Crippen LogP contribution < -0.4 is 0 Å². The number of hydrogen-bond acceptors (Lipinski definition) is 4. The summed E-state index contributed by atoms with van der Waals surface area (Å²) in [5.74, 6) is 0.0298. The van der Waals surface area contributed by atoms with E-state index in [1.54, 1.807) is 28.8 Å². The molecule has 0 fully saturated rings. The normalized spacial score (nSPS) is 10.8. The van der Waals surface area contributed by atoms with Crippen LogP contribution in [0, 0.1) is 6.92 Å². The predicted molar refractivity (Wildman–Crippen MR) is 93.9 cm³/mol. The summed E-state index contributed by atoms with van der Waals surface area (Å²) in [4.78, 5) is 28.5. The van der Waals surface area contributed by atoms with E-state index in [1.807, 2.05) is 31.2 Å². The average Bonchev–Trinajstić information content (AvgIpc) is 2.89. The van der Waals surface area contributed by atoms with Crippen molar-refractivity contribution in [2.24, 2.45) is 0 Å². The number of fused-ring (bicyclic) bond motifs is 1. The number of aryl methyl sites for hydroxylation is 1. The van der Waals surface area contributed by atoms with E-state index in [-0.39, 0.29) is 18.9 Å². The van der Waals surface area contributed by atoms with Crippen molar-refractivity contribution in [3.63, 3.8) is 0 Å². The van der Waals surface area contributed by atoms with E-state index in [1.165, 1.54) is 0 Å². The van der Waals surface area contributed by atoms with Gasteiger partial charge in [0.05, 0.1) is 11.0 Å². The molecule has 0 N–H and O–H groups in total. The third-order valence-electron chi connectivity index (χ3n) is 3.66. The molecule has 0 spiro atoms. The largest absolute Gasteiger partial charge is 0.456 e. The van der Waals surface area contributed by atoms with Gasteiger partial charge >= 0.3 is 5.97 Å². The summed E-state index contributed by atoms with van der Waals surface area (Å²) in [7, 11) is 0. The van der Waals surface area contributed by atoms with E-state index >= 15 is 0 Å². The first-order chi connectivity index (χ1) is 11.5. The van der Waals surface area contributed by atoms with Crippen LogP contribution in [-0.2, 0) is 16.1 Å². The van der Waals surface area contributed by atoms with Gasteiger partial charge in [0.2, 0.25) is 0 Å². The van der Waals surface area contributed by atoms with E-state index in [0.717, 1.165) is 21.3 Å². The number of Topliss-reactive ketones (excluding diaryl/α,β-unsaturated/α-hetero) is 1. The second-order valence-corrected chi connectivity index (χ2v) is 6.24. The Hall–Kier alpha value is -2.47. The lowest BCUT2D eigenvalue weighted by Gasteiger charge is -2.07. The topological polar surface area (TPSA) is 61.2 Å². The van der Waals surface area contributed by atoms with Crippen molar-refractivity contribution in [2.45, 2.75) is 13.5 Å². The summed E-state index contributed by atoms with van der Waals surface area (Å²) in [5, 5.41) is 0. The van der Waals surface area contributed by atoms with Gasteiger partial charge in [-0.25, -0.2) is 4.98 Å². The lowest BCUT2D eigenvalue weighted by molar-refractivity contribution is -0.143. The summed E-state index contributed by atoms with van der Waals surface area (Å²) in [6.07, 6.45) is 0. The van der Waals surface area contributed by atoms with Crippen molar-refractivity contribution >= 4 is 38.7 Å². The molecule has 0 amide bonds. The minimum atomic E-state index is -0.466. The molecule has 122 valence electrons. The third kappa shape index (κ3) is 3.54. The van der Waals surface area contributed by atoms with Gasteiger partial charge in [-0.2, -0.15) is 0 Å². The summed E-state index contributed by atoms with van der Waals surface area (Å²) in [6.45, 7) is 1.59. The van der Waals surface area contributed by atoms with Crippen molar-refractivity contribution in [1.82, 2.24) is 9.55 Å². The molecular formula is C18H15BrN2O3. The van der Waals surface area contributed by atoms with Crippen molar-refractivity contribution in [2.75, 3.05) is 6.61 Å². The molecule has 0 bridgehead atoms. The molecule has 0 saturated carbocycles. The number of para-hydroxylation sites is 2. The highest BCUT2D eigenvalue weighted by atomic mass is 79.9. The molecule has 6 heteroatoms. The van der Waals surface area contributed by atoms with Gasteiger partial charge in [-0.05, 0) is 31.2 Å². The number of imidazole rings is 1. The lowest BCUT2D eigenvalue weighted by atomic mass is 10.1. The highest BCUT2D eigenvalue weighted by Crippen LogP contribution is 2.15. The van der Waals surface area contributed by atoms with Crippen LogP contribution in [-0.4, -0.2) is 27.9 Å². The van der Waals surface area contributed by atoms with E-state index in [2.05, 4.69) is 20.9 Å². The van der Waals surface area contributed by atoms with Gasteiger partial charge in [0.1, 0.15) is 12.4 Å². The second kappa shape index (κ2) is 6.97. The lowest BCUT2D eigenvalue weighted by Crippen LogP contribution is -2.19. The maximum atomic E-state index is 12.1. The minimum Gasteiger partial charge on any atom is -0.456 e. The van der Waals surface area contributed by atoms with Crippen LogP contribution in [0.3, 0.4) is 0 Å². The van der Waals surface area contributed by atoms with Gasteiger partial charge in [0.15, 0.2) is 12.4 Å². The van der Waals surface area contributed by atoms with Crippen LogP contribution >= 0.6 is 15.9 Å². The van der Waals surface area contributed by atoms with E-state index in [0.29, 0.717) is 5.56 Å². The number of halogens is 1. The molecule has 3 aromatic rings. The first-order valence-electron chi connectivity index (χ1n) is 7.41. The van der Waals surface area contributed by atoms with Crippen LogP contribution in [0.1, 0.15) is 16.2 Å². The van der Waals surface area contributed by atoms with Gasteiger partial charge in [-0.3, -0.25) is 9.59 Å². The predicted octanol–water partition coefficient (Wildman–Crippen LogP) is 3.53. The first kappa shape index (κ1) is 16.4. The Bertz CT molecular complexity index is 900. The van der Waals surface area contributed by atoms with Gasteiger partial charge in [0, 0.05) is 10.0 Å². The van der Waals surface area contributed by atoms with Crippen LogP contribution in [0.15, 0.2) is 53.0 Å². The van der Waals surface area contributed by atoms with Crippen molar-refractivity contribution < 1.29 is 14.3 Å². The number of aromatic nitrogens is 2. The fraction of sp³-hybridized carbons (Fsp3) is 0.167. The number of carbonyl (C=O) groups is 2. The molecule has 3 rings (SSSR count). The number of ketones is 1. The smallest absolute Gasteiger partial charge is 0.326 e. The molecule has 0 aliphatic carbocycles. The standard InChI is InChI=1S/C18H15BrN2O3/c1-12-20-15-4-2-3-5-16(15)21(12)10-18(23)24-11-17(22)13-6-8-14(19)9-7-13/h2-9H,10-11H2,1H3. The number of nitrogens with zero attached hydrogens (tertiary/aromatic N) is 2. The zero-order valence-corrected chi connectivity index (χ0v) is 14.6. The summed E-state index contributed by atoms with van der Waals surface area (Å²) < 4.78 is 7.78. The number of esters is 1. The molecule has 0 aliphatic heterocycles. The Kier molecular flexibility index (Phi) is 4.76. The molecule has 2 aromatic carbocycles. The molecule has 0 aliphatic rings. The number of benzene rings is 2. The maximum absolute atomic E-state index is 12.1. The van der Waals surface area contributed by atoms with Crippen LogP contribution in [0.2, 0.25) is 0 Å². The highest BCUT2D eigenvalue weighted by molar-refractivity contribution is 9.10. The number of rotatable bonds is 5. The molecule has 0 saturated heterocycles. The van der Waals surface area contributed by atoms with Crippen molar-refractivity contribution in [3.05, 3.63) is 64.4 Å². The van der Waals surface area contributed by atoms with E-state index < -0.39 is 5.97 Å². The molecule has 1 aromatic heterocycles. The fourth-order valence-electron chi connectivity index (χ4n) is 2.44. The monoisotopic (exact) mass is 386 g/mol. The summed E-state index contributed by atoms with van der Waals surface area (Å²) in [6, 6.07) is 14.5. The zero-order chi connectivity index (χ0) is 17.1. The van der Waals surface area contributed by atoms with Gasteiger partial charge in [0.25, 0.3) is 0 Å². The number of ether oxygens (including phenoxy) is 1. The molecule has 0 radical (unpaired) electrons. The first-order valence-corrected chi connectivity index (χ1v) is 8.20. The Balaban J connectivity index is 1.64. The average molecular weight is 387 g/mol. The molecule has 0 unspecified atom stereocenters. The Morgan fingerprint density at radius 3 is 2.58 bits per heavy atom. The fourth-order valence-corrected chi connectivity index (χ4v) is 2.70. The van der Waals surface area contributed by atoms with E-state index in [4.69, 9.17) is 4.74 Å². The van der Waals surface area contributed by atoms with Gasteiger partial charge < -0.3 is 9.30 Å². The Labute approximate surface area is 147 Å². The number of carbonyl (C=O) groups excluding carboxylic acids is 2. The van der Waals surface area contributed by atoms with Crippen LogP contribution in [0.25, 0.3) is 11.0 Å². The van der Waals surface area contributed by atoms with Crippen LogP contribution in [0.5, 0.6) is 0 Å².